The van der Waals surface area contributed by atoms with Crippen LogP contribution >= 0.6 is 0 Å². The summed E-state index contributed by atoms with van der Waals surface area (Å²) in [6.07, 6.45) is 2.93. The number of aromatic nitrogens is 2. The number of H-pyrrole nitrogens is 1. The molecule has 0 aliphatic carbocycles. The van der Waals surface area contributed by atoms with Gasteiger partial charge in [0.05, 0.1) is 13.2 Å². The number of aromatic amines is 1. The van der Waals surface area contributed by atoms with Crippen LogP contribution in [0.15, 0.2) is 42.7 Å². The SMILES string of the molecule is CC(OCc1ccccc1)C(=O)N(C)Cc1ncc[nH]1. The Kier molecular flexibility index (Phi) is 4.90. The van der Waals surface area contributed by atoms with E-state index in [9.17, 15) is 4.79 Å². The maximum Gasteiger partial charge on any atom is 0.251 e. The van der Waals surface area contributed by atoms with Crippen molar-refractivity contribution in [2.45, 2.75) is 26.2 Å². The van der Waals surface area contributed by atoms with Crippen molar-refractivity contribution in [2.75, 3.05) is 7.05 Å². The number of carbonyl (C=O) groups excluding carboxylic acids is 1. The smallest absolute Gasteiger partial charge is 0.251 e. The summed E-state index contributed by atoms with van der Waals surface area (Å²) in [5.74, 6) is 0.702. The lowest BCUT2D eigenvalue weighted by Gasteiger charge is -2.20. The van der Waals surface area contributed by atoms with E-state index in [4.69, 9.17) is 4.74 Å². The van der Waals surface area contributed by atoms with Gasteiger partial charge in [-0.05, 0) is 12.5 Å². The molecule has 1 aromatic carbocycles. The highest BCUT2D eigenvalue weighted by Crippen LogP contribution is 2.06. The molecule has 0 aliphatic heterocycles. The lowest BCUT2D eigenvalue weighted by Crippen LogP contribution is -2.36. The molecular weight excluding hydrogens is 254 g/mol. The van der Waals surface area contributed by atoms with Crippen molar-refractivity contribution >= 4 is 5.91 Å². The molecule has 0 radical (unpaired) electrons. The summed E-state index contributed by atoms with van der Waals surface area (Å²) in [5, 5.41) is 0. The third-order valence-corrected chi connectivity index (χ3v) is 3.01. The minimum absolute atomic E-state index is 0.0580. The monoisotopic (exact) mass is 273 g/mol. The highest BCUT2D eigenvalue weighted by molar-refractivity contribution is 5.80. The number of hydrogen-bond acceptors (Lipinski definition) is 3. The van der Waals surface area contributed by atoms with Crippen LogP contribution in [0.4, 0.5) is 0 Å². The summed E-state index contributed by atoms with van der Waals surface area (Å²) in [6.45, 7) is 2.65. The molecule has 5 heteroatoms. The number of ether oxygens (including phenoxy) is 1. The van der Waals surface area contributed by atoms with E-state index in [0.29, 0.717) is 13.2 Å². The number of amides is 1. The molecule has 106 valence electrons. The molecule has 1 amide bonds. The van der Waals surface area contributed by atoms with Crippen LogP contribution in [0.2, 0.25) is 0 Å². The maximum absolute atomic E-state index is 12.1. The Hall–Kier alpha value is -2.14. The molecule has 0 saturated carbocycles. The Morgan fingerprint density at radius 2 is 2.15 bits per heavy atom. The topological polar surface area (TPSA) is 58.2 Å². The number of benzene rings is 1. The predicted octanol–water partition coefficient (Wildman–Crippen LogP) is 1.97. The molecule has 2 aromatic rings. The van der Waals surface area contributed by atoms with E-state index < -0.39 is 6.10 Å². The molecule has 1 aromatic heterocycles. The van der Waals surface area contributed by atoms with Gasteiger partial charge in [0.15, 0.2) is 0 Å². The molecule has 0 spiro atoms. The Bertz CT molecular complexity index is 525. The standard InChI is InChI=1S/C15H19N3O2/c1-12(20-11-13-6-4-3-5-7-13)15(19)18(2)10-14-16-8-9-17-14/h3-9,12H,10-11H2,1-2H3,(H,16,17). The molecule has 1 atom stereocenters. The lowest BCUT2D eigenvalue weighted by atomic mass is 10.2. The molecular formula is C15H19N3O2. The van der Waals surface area contributed by atoms with Crippen LogP contribution in [0.1, 0.15) is 18.3 Å². The van der Waals surface area contributed by atoms with Crippen molar-refractivity contribution in [3.63, 3.8) is 0 Å². The quantitative estimate of drug-likeness (QED) is 0.875. The van der Waals surface area contributed by atoms with Gasteiger partial charge in [-0.15, -0.1) is 0 Å². The molecule has 1 heterocycles. The van der Waals surface area contributed by atoms with Gasteiger partial charge >= 0.3 is 0 Å². The molecule has 0 bridgehead atoms. The fourth-order valence-electron chi connectivity index (χ4n) is 1.86. The third kappa shape index (κ3) is 3.93. The highest BCUT2D eigenvalue weighted by Gasteiger charge is 2.18. The second-order valence-electron chi connectivity index (χ2n) is 4.67. The van der Waals surface area contributed by atoms with Gasteiger partial charge in [0, 0.05) is 19.4 Å². The van der Waals surface area contributed by atoms with Crippen molar-refractivity contribution in [1.29, 1.82) is 0 Å². The van der Waals surface area contributed by atoms with Crippen molar-refractivity contribution in [2.24, 2.45) is 0 Å². The molecule has 0 saturated heterocycles. The van der Waals surface area contributed by atoms with Crippen LogP contribution in [-0.4, -0.2) is 33.9 Å². The Morgan fingerprint density at radius 3 is 2.80 bits per heavy atom. The second kappa shape index (κ2) is 6.86. The van der Waals surface area contributed by atoms with E-state index >= 15 is 0 Å². The first kappa shape index (κ1) is 14.3. The van der Waals surface area contributed by atoms with Crippen LogP contribution in [0.3, 0.4) is 0 Å². The summed E-state index contributed by atoms with van der Waals surface area (Å²) >= 11 is 0. The van der Waals surface area contributed by atoms with E-state index in [1.165, 1.54) is 0 Å². The number of likely N-dealkylation sites (N-methyl/N-ethyl adjacent to an activating group) is 1. The maximum atomic E-state index is 12.1. The fourth-order valence-corrected chi connectivity index (χ4v) is 1.86. The van der Waals surface area contributed by atoms with E-state index in [1.807, 2.05) is 30.3 Å². The summed E-state index contributed by atoms with van der Waals surface area (Å²) in [7, 11) is 1.74. The molecule has 2 rings (SSSR count). The van der Waals surface area contributed by atoms with Crippen LogP contribution in [0.5, 0.6) is 0 Å². The van der Waals surface area contributed by atoms with Gasteiger partial charge in [0.25, 0.3) is 5.91 Å². The van der Waals surface area contributed by atoms with Crippen molar-refractivity contribution in [3.05, 3.63) is 54.1 Å². The van der Waals surface area contributed by atoms with E-state index in [-0.39, 0.29) is 5.91 Å². The zero-order valence-electron chi connectivity index (χ0n) is 11.7. The van der Waals surface area contributed by atoms with Gasteiger partial charge in [-0.1, -0.05) is 30.3 Å². The van der Waals surface area contributed by atoms with Crippen molar-refractivity contribution in [1.82, 2.24) is 14.9 Å². The first-order valence-corrected chi connectivity index (χ1v) is 6.55. The molecule has 20 heavy (non-hydrogen) atoms. The average Bonchev–Trinajstić information content (AvgIpc) is 2.98. The number of carbonyl (C=O) groups is 1. The van der Waals surface area contributed by atoms with E-state index in [2.05, 4.69) is 9.97 Å². The predicted molar refractivity (Wildman–Crippen MR) is 75.8 cm³/mol. The Morgan fingerprint density at radius 1 is 1.40 bits per heavy atom. The fraction of sp³-hybridized carbons (Fsp3) is 0.333. The number of nitrogens with one attached hydrogen (secondary N) is 1. The van der Waals surface area contributed by atoms with E-state index in [0.717, 1.165) is 11.4 Å². The minimum Gasteiger partial charge on any atom is -0.364 e. The summed E-state index contributed by atoms with van der Waals surface area (Å²) in [5.41, 5.74) is 1.06. The van der Waals surface area contributed by atoms with E-state index in [1.54, 1.807) is 31.3 Å². The van der Waals surface area contributed by atoms with Crippen molar-refractivity contribution in [3.8, 4) is 0 Å². The lowest BCUT2D eigenvalue weighted by molar-refractivity contribution is -0.142. The second-order valence-corrected chi connectivity index (χ2v) is 4.67. The first-order chi connectivity index (χ1) is 9.66. The first-order valence-electron chi connectivity index (χ1n) is 6.55. The van der Waals surface area contributed by atoms with Gasteiger partial charge in [-0.25, -0.2) is 4.98 Å². The number of rotatable bonds is 6. The largest absolute Gasteiger partial charge is 0.364 e. The summed E-state index contributed by atoms with van der Waals surface area (Å²) in [6, 6.07) is 9.81. The average molecular weight is 273 g/mol. The highest BCUT2D eigenvalue weighted by atomic mass is 16.5. The van der Waals surface area contributed by atoms with Crippen LogP contribution in [0.25, 0.3) is 0 Å². The van der Waals surface area contributed by atoms with Crippen molar-refractivity contribution < 1.29 is 9.53 Å². The van der Waals surface area contributed by atoms with Gasteiger partial charge < -0.3 is 14.6 Å². The zero-order chi connectivity index (χ0) is 14.4. The molecule has 1 N–H and O–H groups in total. The molecule has 0 fully saturated rings. The van der Waals surface area contributed by atoms with Crippen LogP contribution < -0.4 is 0 Å². The minimum atomic E-state index is -0.477. The number of imidazole rings is 1. The normalized spacial score (nSPS) is 12.1. The Labute approximate surface area is 118 Å². The number of hydrogen-bond donors (Lipinski definition) is 1. The number of nitrogens with zero attached hydrogens (tertiary/aromatic N) is 2. The molecule has 5 nitrogen and oxygen atoms in total. The van der Waals surface area contributed by atoms with Crippen LogP contribution in [-0.2, 0) is 22.7 Å². The van der Waals surface area contributed by atoms with Gasteiger partial charge in [-0.2, -0.15) is 0 Å². The third-order valence-electron chi connectivity index (χ3n) is 3.01. The molecule has 0 aliphatic rings. The summed E-state index contributed by atoms with van der Waals surface area (Å²) < 4.78 is 5.61. The molecule has 1 unspecified atom stereocenters. The zero-order valence-corrected chi connectivity index (χ0v) is 11.7. The van der Waals surface area contributed by atoms with Crippen LogP contribution in [0, 0.1) is 0 Å². The Balaban J connectivity index is 1.82. The summed E-state index contributed by atoms with van der Waals surface area (Å²) in [4.78, 5) is 20.8. The van der Waals surface area contributed by atoms with Gasteiger partial charge in [-0.3, -0.25) is 4.79 Å². The van der Waals surface area contributed by atoms with Gasteiger partial charge in [0.2, 0.25) is 0 Å². The van der Waals surface area contributed by atoms with Gasteiger partial charge in [0.1, 0.15) is 11.9 Å².